The van der Waals surface area contributed by atoms with Gasteiger partial charge in [-0.1, -0.05) is 6.92 Å². The molecular formula is C6H11ClO2. The van der Waals surface area contributed by atoms with Gasteiger partial charge in [-0.2, -0.15) is 0 Å². The number of aliphatic hydroxyl groups excluding tert-OH is 1. The van der Waals surface area contributed by atoms with Gasteiger partial charge in [0.05, 0.1) is 5.38 Å². The molecule has 0 amide bonds. The lowest BCUT2D eigenvalue weighted by atomic mass is 10.1. The Hall–Kier alpha value is -0.0800. The number of rotatable bonds is 3. The van der Waals surface area contributed by atoms with Crippen molar-refractivity contribution in [2.75, 3.05) is 0 Å². The highest BCUT2D eigenvalue weighted by Crippen LogP contribution is 2.07. The van der Waals surface area contributed by atoms with Gasteiger partial charge < -0.3 is 5.11 Å². The maximum Gasteiger partial charge on any atom is 0.159 e. The molecule has 0 aromatic rings. The molecule has 1 N–H and O–H groups in total. The summed E-state index contributed by atoms with van der Waals surface area (Å²) >= 11 is 5.54. The van der Waals surface area contributed by atoms with E-state index in [0.29, 0.717) is 6.42 Å². The summed E-state index contributed by atoms with van der Waals surface area (Å²) in [5.41, 5.74) is 0. The molecule has 0 aromatic carbocycles. The summed E-state index contributed by atoms with van der Waals surface area (Å²) in [6.45, 7) is 3.15. The smallest absolute Gasteiger partial charge is 0.159 e. The molecule has 2 unspecified atom stereocenters. The third kappa shape index (κ3) is 2.82. The van der Waals surface area contributed by atoms with Gasteiger partial charge in [-0.05, 0) is 13.3 Å². The lowest BCUT2D eigenvalue weighted by molar-refractivity contribution is -0.124. The Morgan fingerprint density at radius 3 is 2.33 bits per heavy atom. The van der Waals surface area contributed by atoms with Gasteiger partial charge in [0.15, 0.2) is 5.78 Å². The van der Waals surface area contributed by atoms with Gasteiger partial charge in [0.25, 0.3) is 0 Å². The zero-order chi connectivity index (χ0) is 7.44. The summed E-state index contributed by atoms with van der Waals surface area (Å²) in [6.07, 6.45) is -0.376. The van der Waals surface area contributed by atoms with Gasteiger partial charge >= 0.3 is 0 Å². The summed E-state index contributed by atoms with van der Waals surface area (Å²) < 4.78 is 0. The number of hydrogen-bond acceptors (Lipinski definition) is 2. The summed E-state index contributed by atoms with van der Waals surface area (Å²) in [6, 6.07) is 0. The molecule has 0 saturated carbocycles. The lowest BCUT2D eigenvalue weighted by Gasteiger charge is -2.10. The summed E-state index contributed by atoms with van der Waals surface area (Å²) in [4.78, 5) is 10.4. The van der Waals surface area contributed by atoms with Crippen LogP contribution in [0.15, 0.2) is 0 Å². The number of alkyl halides is 1. The van der Waals surface area contributed by atoms with Crippen molar-refractivity contribution in [3.63, 3.8) is 0 Å². The molecular weight excluding hydrogens is 140 g/mol. The summed E-state index contributed by atoms with van der Waals surface area (Å²) in [5.74, 6) is -0.267. The second kappa shape index (κ2) is 3.85. The van der Waals surface area contributed by atoms with Crippen molar-refractivity contribution in [2.24, 2.45) is 0 Å². The number of carbonyl (C=O) groups is 1. The normalized spacial score (nSPS) is 16.9. The average Bonchev–Trinajstić information content (AvgIpc) is 1.84. The van der Waals surface area contributed by atoms with Gasteiger partial charge in [-0.3, -0.25) is 4.79 Å². The lowest BCUT2D eigenvalue weighted by Crippen LogP contribution is -2.27. The van der Waals surface area contributed by atoms with E-state index in [0.717, 1.165) is 0 Å². The molecule has 0 spiro atoms. The van der Waals surface area contributed by atoms with Crippen LogP contribution in [0.2, 0.25) is 0 Å². The van der Waals surface area contributed by atoms with Gasteiger partial charge in [0.2, 0.25) is 0 Å². The van der Waals surface area contributed by atoms with E-state index in [4.69, 9.17) is 16.7 Å². The molecule has 0 aliphatic carbocycles. The summed E-state index contributed by atoms with van der Waals surface area (Å²) in [5, 5.41) is 8.49. The number of ketones is 1. The minimum atomic E-state index is -0.989. The SMILES string of the molecule is CCC(Cl)C(O)C(C)=O. The van der Waals surface area contributed by atoms with Gasteiger partial charge in [-0.15, -0.1) is 11.6 Å². The maximum absolute atomic E-state index is 10.4. The quantitative estimate of drug-likeness (QED) is 0.609. The Kier molecular flexibility index (Phi) is 3.82. The van der Waals surface area contributed by atoms with Gasteiger partial charge in [-0.25, -0.2) is 0 Å². The van der Waals surface area contributed by atoms with Crippen LogP contribution >= 0.6 is 11.6 Å². The molecule has 0 fully saturated rings. The Morgan fingerprint density at radius 2 is 2.22 bits per heavy atom. The Labute approximate surface area is 59.8 Å². The van der Waals surface area contributed by atoms with Crippen LogP contribution in [0.1, 0.15) is 20.3 Å². The minimum Gasteiger partial charge on any atom is -0.384 e. The Bertz CT molecular complexity index is 103. The average molecular weight is 151 g/mol. The predicted molar refractivity (Wildman–Crippen MR) is 36.6 cm³/mol. The van der Waals surface area contributed by atoms with Gasteiger partial charge in [0.1, 0.15) is 6.10 Å². The molecule has 0 aliphatic heterocycles. The van der Waals surface area contributed by atoms with Crippen molar-refractivity contribution < 1.29 is 9.90 Å². The minimum absolute atomic E-state index is 0.267. The zero-order valence-corrected chi connectivity index (χ0v) is 6.35. The molecule has 2 atom stereocenters. The van der Waals surface area contributed by atoms with E-state index < -0.39 is 11.5 Å². The maximum atomic E-state index is 10.4. The fourth-order valence-corrected chi connectivity index (χ4v) is 0.655. The second-order valence-corrected chi connectivity index (χ2v) is 2.54. The number of Topliss-reactive ketones (excluding diaryl/α,β-unsaturated/α-hetero) is 1. The highest BCUT2D eigenvalue weighted by atomic mass is 35.5. The molecule has 3 heteroatoms. The first-order chi connectivity index (χ1) is 4.09. The monoisotopic (exact) mass is 150 g/mol. The molecule has 2 nitrogen and oxygen atoms in total. The third-order valence-electron chi connectivity index (χ3n) is 1.15. The van der Waals surface area contributed by atoms with E-state index in [9.17, 15) is 4.79 Å². The fraction of sp³-hybridized carbons (Fsp3) is 0.833. The summed E-state index contributed by atoms with van der Waals surface area (Å²) in [7, 11) is 0. The van der Waals surface area contributed by atoms with Crippen LogP contribution in [0, 0.1) is 0 Å². The van der Waals surface area contributed by atoms with Crippen LogP contribution < -0.4 is 0 Å². The molecule has 0 aromatic heterocycles. The molecule has 0 radical (unpaired) electrons. The van der Waals surface area contributed by atoms with Crippen LogP contribution in [-0.2, 0) is 4.79 Å². The van der Waals surface area contributed by atoms with Crippen molar-refractivity contribution in [1.82, 2.24) is 0 Å². The van der Waals surface area contributed by atoms with Crippen molar-refractivity contribution in [3.05, 3.63) is 0 Å². The van der Waals surface area contributed by atoms with E-state index in [1.54, 1.807) is 0 Å². The highest BCUT2D eigenvalue weighted by Gasteiger charge is 2.17. The number of hydrogen-bond donors (Lipinski definition) is 1. The molecule has 0 rings (SSSR count). The molecule has 0 saturated heterocycles. The fourth-order valence-electron chi connectivity index (χ4n) is 0.478. The van der Waals surface area contributed by atoms with Gasteiger partial charge in [0, 0.05) is 0 Å². The first-order valence-corrected chi connectivity index (χ1v) is 3.35. The van der Waals surface area contributed by atoms with Crippen LogP contribution in [0.4, 0.5) is 0 Å². The van der Waals surface area contributed by atoms with E-state index in [-0.39, 0.29) is 5.78 Å². The number of aliphatic hydroxyl groups is 1. The van der Waals surface area contributed by atoms with Crippen molar-refractivity contribution in [3.8, 4) is 0 Å². The van der Waals surface area contributed by atoms with Crippen molar-refractivity contribution >= 4 is 17.4 Å². The van der Waals surface area contributed by atoms with Crippen molar-refractivity contribution in [1.29, 1.82) is 0 Å². The Morgan fingerprint density at radius 1 is 1.78 bits per heavy atom. The Balaban J connectivity index is 3.72. The van der Waals surface area contributed by atoms with Crippen molar-refractivity contribution in [2.45, 2.75) is 31.7 Å². The van der Waals surface area contributed by atoms with E-state index >= 15 is 0 Å². The van der Waals surface area contributed by atoms with E-state index in [1.807, 2.05) is 6.92 Å². The molecule has 9 heavy (non-hydrogen) atoms. The van der Waals surface area contributed by atoms with E-state index in [2.05, 4.69) is 0 Å². The first-order valence-electron chi connectivity index (χ1n) is 2.92. The highest BCUT2D eigenvalue weighted by molar-refractivity contribution is 6.22. The first kappa shape index (κ1) is 8.92. The second-order valence-electron chi connectivity index (χ2n) is 1.98. The predicted octanol–water partition coefficient (Wildman–Crippen LogP) is 0.954. The van der Waals surface area contributed by atoms with Crippen LogP contribution in [-0.4, -0.2) is 22.4 Å². The molecule has 0 aliphatic rings. The van der Waals surface area contributed by atoms with Crippen LogP contribution in [0.3, 0.4) is 0 Å². The number of carbonyl (C=O) groups excluding carboxylic acids is 1. The van der Waals surface area contributed by atoms with Crippen LogP contribution in [0.25, 0.3) is 0 Å². The third-order valence-corrected chi connectivity index (χ3v) is 1.70. The molecule has 0 bridgehead atoms. The molecule has 54 valence electrons. The number of halogens is 1. The molecule has 0 heterocycles. The topological polar surface area (TPSA) is 37.3 Å². The van der Waals surface area contributed by atoms with E-state index in [1.165, 1.54) is 6.92 Å². The zero-order valence-electron chi connectivity index (χ0n) is 5.60. The van der Waals surface area contributed by atoms with Crippen LogP contribution in [0.5, 0.6) is 0 Å². The largest absolute Gasteiger partial charge is 0.384 e. The standard InChI is InChI=1S/C6H11ClO2/c1-3-5(7)6(9)4(2)8/h5-6,9H,3H2,1-2H3.